The third kappa shape index (κ3) is 3.43. The molecule has 2 aromatic rings. The van der Waals surface area contributed by atoms with E-state index in [1.54, 1.807) is 18.7 Å². The average Bonchev–Trinajstić information content (AvgIpc) is 2.94. The van der Waals surface area contributed by atoms with Gasteiger partial charge in [0.15, 0.2) is 0 Å². The highest BCUT2D eigenvalue weighted by Crippen LogP contribution is 2.16. The van der Waals surface area contributed by atoms with Gasteiger partial charge in [0.1, 0.15) is 5.75 Å². The Labute approximate surface area is 111 Å². The number of rotatable bonds is 6. The molecule has 18 heavy (non-hydrogen) atoms. The molecule has 8 nitrogen and oxygen atoms in total. The molecule has 0 aromatic carbocycles. The van der Waals surface area contributed by atoms with Crippen LogP contribution in [-0.2, 0) is 18.2 Å². The number of thioether (sulfide) groups is 1. The maximum atomic E-state index is 11.7. The smallest absolute Gasteiger partial charge is 0.435 e. The number of hydrogen-bond donors (Lipinski definition) is 0. The molecule has 10 heteroatoms. The van der Waals surface area contributed by atoms with Crippen LogP contribution in [0.2, 0.25) is 0 Å². The summed E-state index contributed by atoms with van der Waals surface area (Å²) in [7, 11) is 1.78. The van der Waals surface area contributed by atoms with Crippen LogP contribution in [-0.4, -0.2) is 46.5 Å². The molecule has 0 fully saturated rings. The van der Waals surface area contributed by atoms with E-state index in [0.29, 0.717) is 11.6 Å². The minimum atomic E-state index is -1.23. The first-order valence-corrected chi connectivity index (χ1v) is 7.51. The molecule has 0 saturated carbocycles. The zero-order chi connectivity index (χ0) is 13.0. The van der Waals surface area contributed by atoms with Crippen molar-refractivity contribution in [1.82, 2.24) is 30.4 Å². The summed E-state index contributed by atoms with van der Waals surface area (Å²) in [6, 6.07) is 0. The van der Waals surface area contributed by atoms with Gasteiger partial charge in [0.05, 0.1) is 0 Å². The van der Waals surface area contributed by atoms with Crippen molar-refractivity contribution < 1.29 is 8.97 Å². The second kappa shape index (κ2) is 6.16. The molecule has 0 radical (unpaired) electrons. The van der Waals surface area contributed by atoms with E-state index >= 15 is 0 Å². The van der Waals surface area contributed by atoms with Gasteiger partial charge in [-0.05, 0) is 10.4 Å². The maximum Gasteiger partial charge on any atom is 0.435 e. The topological polar surface area (TPSA) is 106 Å². The molecule has 1 atom stereocenters. The standard InChI is InChI=1S/C8H12N6O2S2/c1-6-9-11-8(16-6)18(15)5-3-4-17-7-10-12-13-14(7)2/h3-5H2,1-2H3. The lowest BCUT2D eigenvalue weighted by molar-refractivity contribution is 0.409. The number of tetrazole rings is 1. The highest BCUT2D eigenvalue weighted by Gasteiger charge is 2.18. The van der Waals surface area contributed by atoms with Gasteiger partial charge in [0, 0.05) is 37.3 Å². The fraction of sp³-hybridized carbons (Fsp3) is 0.625. The van der Waals surface area contributed by atoms with E-state index < -0.39 is 11.2 Å². The van der Waals surface area contributed by atoms with Gasteiger partial charge in [-0.25, -0.2) is 4.68 Å². The molecule has 0 aliphatic carbocycles. The molecule has 98 valence electrons. The second-order valence-electron chi connectivity index (χ2n) is 3.42. The SMILES string of the molecule is Cc1nnc([S+]([O-])CCCSc2nnnn2C)o1. The van der Waals surface area contributed by atoms with E-state index in [1.165, 1.54) is 11.8 Å². The van der Waals surface area contributed by atoms with E-state index in [9.17, 15) is 4.55 Å². The van der Waals surface area contributed by atoms with E-state index in [-0.39, 0.29) is 5.22 Å². The summed E-state index contributed by atoms with van der Waals surface area (Å²) >= 11 is 0.294. The Hall–Kier alpha value is -1.13. The van der Waals surface area contributed by atoms with Crippen LogP contribution in [0.15, 0.2) is 14.8 Å². The number of hydrogen-bond acceptors (Lipinski definition) is 8. The van der Waals surface area contributed by atoms with Gasteiger partial charge in [0.25, 0.3) is 0 Å². The summed E-state index contributed by atoms with van der Waals surface area (Å²) in [6.07, 6.45) is 0.756. The van der Waals surface area contributed by atoms with E-state index in [4.69, 9.17) is 4.42 Å². The fourth-order valence-corrected chi connectivity index (χ4v) is 3.05. The van der Waals surface area contributed by atoms with Gasteiger partial charge >= 0.3 is 5.22 Å². The van der Waals surface area contributed by atoms with E-state index in [1.807, 2.05) is 0 Å². The van der Waals surface area contributed by atoms with E-state index in [2.05, 4.69) is 25.7 Å². The minimum absolute atomic E-state index is 0.192. The van der Waals surface area contributed by atoms with Gasteiger partial charge < -0.3 is 8.97 Å². The van der Waals surface area contributed by atoms with Crippen molar-refractivity contribution in [2.24, 2.45) is 7.05 Å². The zero-order valence-electron chi connectivity index (χ0n) is 9.94. The first kappa shape index (κ1) is 13.3. The molecule has 0 amide bonds. The van der Waals surface area contributed by atoms with Crippen molar-refractivity contribution >= 4 is 22.9 Å². The van der Waals surface area contributed by atoms with Gasteiger partial charge in [-0.2, -0.15) is 0 Å². The predicted molar refractivity (Wildman–Crippen MR) is 64.4 cm³/mol. The Balaban J connectivity index is 1.71. The van der Waals surface area contributed by atoms with Crippen molar-refractivity contribution in [2.75, 3.05) is 11.5 Å². The molecule has 0 saturated heterocycles. The van der Waals surface area contributed by atoms with E-state index in [0.717, 1.165) is 17.3 Å². The minimum Gasteiger partial charge on any atom is -0.608 e. The van der Waals surface area contributed by atoms with Crippen molar-refractivity contribution in [3.05, 3.63) is 5.89 Å². The highest BCUT2D eigenvalue weighted by molar-refractivity contribution is 7.99. The van der Waals surface area contributed by atoms with Gasteiger partial charge in [-0.3, -0.25) is 0 Å². The Bertz CT molecular complexity index is 501. The van der Waals surface area contributed by atoms with Crippen LogP contribution in [0.4, 0.5) is 0 Å². The van der Waals surface area contributed by atoms with Crippen molar-refractivity contribution in [1.29, 1.82) is 0 Å². The lowest BCUT2D eigenvalue weighted by Gasteiger charge is -2.04. The maximum absolute atomic E-state index is 11.7. The summed E-state index contributed by atoms with van der Waals surface area (Å²) in [5.74, 6) is 1.70. The van der Waals surface area contributed by atoms with Crippen LogP contribution in [0.25, 0.3) is 0 Å². The molecular weight excluding hydrogens is 276 g/mol. The van der Waals surface area contributed by atoms with Crippen LogP contribution < -0.4 is 0 Å². The van der Waals surface area contributed by atoms with Crippen LogP contribution in [0, 0.1) is 6.92 Å². The van der Waals surface area contributed by atoms with Crippen LogP contribution in [0.3, 0.4) is 0 Å². The molecule has 0 aliphatic rings. The largest absolute Gasteiger partial charge is 0.608 e. The molecule has 0 spiro atoms. The lowest BCUT2D eigenvalue weighted by Crippen LogP contribution is -2.08. The van der Waals surface area contributed by atoms with Crippen LogP contribution >= 0.6 is 11.8 Å². The van der Waals surface area contributed by atoms with Crippen molar-refractivity contribution in [3.63, 3.8) is 0 Å². The Morgan fingerprint density at radius 2 is 2.22 bits per heavy atom. The third-order valence-corrected chi connectivity index (χ3v) is 4.30. The summed E-state index contributed by atoms with van der Waals surface area (Å²) in [4.78, 5) is 0. The number of aryl methyl sites for hydroxylation is 2. The molecule has 1 unspecified atom stereocenters. The highest BCUT2D eigenvalue weighted by atomic mass is 32.2. The molecule has 0 aliphatic heterocycles. The number of aromatic nitrogens is 6. The van der Waals surface area contributed by atoms with Gasteiger partial charge in [-0.15, -0.1) is 10.2 Å². The quantitative estimate of drug-likeness (QED) is 0.421. The molecular formula is C8H12N6O2S2. The first-order valence-electron chi connectivity index (χ1n) is 5.20. The number of nitrogens with zero attached hydrogens (tertiary/aromatic N) is 6. The average molecular weight is 288 g/mol. The summed E-state index contributed by atoms with van der Waals surface area (Å²) < 4.78 is 18.4. The normalized spacial score (nSPS) is 12.8. The zero-order valence-corrected chi connectivity index (χ0v) is 11.6. The fourth-order valence-electron chi connectivity index (χ4n) is 1.15. The Kier molecular flexibility index (Phi) is 4.55. The summed E-state index contributed by atoms with van der Waals surface area (Å²) in [5, 5.41) is 19.4. The predicted octanol–water partition coefficient (Wildman–Crippen LogP) is 0.192. The molecule has 2 rings (SSSR count). The van der Waals surface area contributed by atoms with Gasteiger partial charge in [0.2, 0.25) is 11.0 Å². The van der Waals surface area contributed by atoms with Crippen molar-refractivity contribution in [2.45, 2.75) is 23.7 Å². The third-order valence-electron chi connectivity index (χ3n) is 1.99. The second-order valence-corrected chi connectivity index (χ2v) is 5.93. The summed E-state index contributed by atoms with van der Waals surface area (Å²) in [6.45, 7) is 1.67. The Morgan fingerprint density at radius 1 is 1.39 bits per heavy atom. The molecule has 2 aromatic heterocycles. The molecule has 0 bridgehead atoms. The Morgan fingerprint density at radius 3 is 2.83 bits per heavy atom. The van der Waals surface area contributed by atoms with Crippen molar-refractivity contribution in [3.8, 4) is 0 Å². The molecule has 0 N–H and O–H groups in total. The lowest BCUT2D eigenvalue weighted by atomic mass is 10.6. The van der Waals surface area contributed by atoms with Gasteiger partial charge in [-0.1, -0.05) is 16.9 Å². The van der Waals surface area contributed by atoms with Crippen LogP contribution in [0.5, 0.6) is 0 Å². The monoisotopic (exact) mass is 288 g/mol. The molecule has 2 heterocycles. The summed E-state index contributed by atoms with van der Waals surface area (Å²) in [5.41, 5.74) is 0. The first-order chi connectivity index (χ1) is 8.66. The van der Waals surface area contributed by atoms with Crippen LogP contribution in [0.1, 0.15) is 12.3 Å².